The van der Waals surface area contributed by atoms with Gasteiger partial charge in [-0.3, -0.25) is 0 Å². The highest BCUT2D eigenvalue weighted by atomic mass is 79.9. The molecule has 0 spiro atoms. The molecule has 72 valence electrons. The van der Waals surface area contributed by atoms with Crippen LogP contribution in [0.3, 0.4) is 0 Å². The highest BCUT2D eigenvalue weighted by molar-refractivity contribution is 9.10. The first kappa shape index (κ1) is 9.26. The van der Waals surface area contributed by atoms with Gasteiger partial charge < -0.3 is 0 Å². The van der Waals surface area contributed by atoms with Gasteiger partial charge in [-0.05, 0) is 44.9 Å². The van der Waals surface area contributed by atoms with E-state index in [-0.39, 0.29) is 5.82 Å². The van der Waals surface area contributed by atoms with Crippen LogP contribution < -0.4 is 0 Å². The fourth-order valence-corrected chi connectivity index (χ4v) is 1.61. The fourth-order valence-electron chi connectivity index (χ4n) is 1.15. The van der Waals surface area contributed by atoms with Gasteiger partial charge in [-0.25, -0.2) is 9.07 Å². The van der Waals surface area contributed by atoms with Gasteiger partial charge in [0.25, 0.3) is 0 Å². The molecule has 0 atom stereocenters. The minimum absolute atomic E-state index is 0.332. The Balaban J connectivity index is 2.60. The van der Waals surface area contributed by atoms with E-state index >= 15 is 0 Å². The fraction of sp³-hybridized carbons (Fsp3) is 0.125. The van der Waals surface area contributed by atoms with E-state index < -0.39 is 0 Å². The lowest BCUT2D eigenvalue weighted by Crippen LogP contribution is -1.99. The summed E-state index contributed by atoms with van der Waals surface area (Å²) >= 11 is 3.11. The Labute approximate surface area is 87.9 Å². The summed E-state index contributed by atoms with van der Waals surface area (Å²) < 4.78 is 15.1. The monoisotopic (exact) mass is 256 g/mol. The summed E-state index contributed by atoms with van der Waals surface area (Å²) in [6, 6.07) is 3.07. The van der Waals surface area contributed by atoms with E-state index in [0.717, 1.165) is 5.56 Å². The molecule has 2 rings (SSSR count). The number of aryl methyl sites for hydroxylation is 1. The van der Waals surface area contributed by atoms with Crippen LogP contribution in [0, 0.1) is 12.7 Å². The van der Waals surface area contributed by atoms with Crippen molar-refractivity contribution in [2.24, 2.45) is 0 Å². The maximum atomic E-state index is 13.2. The van der Waals surface area contributed by atoms with Gasteiger partial charge in [-0.2, -0.15) is 0 Å². The third kappa shape index (κ3) is 1.52. The van der Waals surface area contributed by atoms with Crippen molar-refractivity contribution < 1.29 is 4.39 Å². The molecular formula is C8H6BrFN4. The molecule has 2 aromatic rings. The van der Waals surface area contributed by atoms with Gasteiger partial charge in [0.05, 0.1) is 10.2 Å². The highest BCUT2D eigenvalue weighted by Gasteiger charge is 2.07. The van der Waals surface area contributed by atoms with Crippen LogP contribution in [0.2, 0.25) is 0 Å². The van der Waals surface area contributed by atoms with Gasteiger partial charge in [0.2, 0.25) is 0 Å². The SMILES string of the molecule is Cc1cc(Br)c(F)cc1-n1cnnn1. The lowest BCUT2D eigenvalue weighted by atomic mass is 10.2. The van der Waals surface area contributed by atoms with E-state index in [1.54, 1.807) is 6.07 Å². The van der Waals surface area contributed by atoms with Crippen LogP contribution >= 0.6 is 15.9 Å². The molecule has 0 saturated carbocycles. The van der Waals surface area contributed by atoms with Crippen LogP contribution in [-0.4, -0.2) is 20.2 Å². The van der Waals surface area contributed by atoms with Crippen molar-refractivity contribution in [3.05, 3.63) is 34.3 Å². The molecule has 14 heavy (non-hydrogen) atoms. The molecule has 4 nitrogen and oxygen atoms in total. The number of nitrogens with zero attached hydrogens (tertiary/aromatic N) is 4. The molecule has 0 fully saturated rings. The second-order valence-electron chi connectivity index (χ2n) is 2.81. The first-order valence-corrected chi connectivity index (χ1v) is 4.67. The van der Waals surface area contributed by atoms with Crippen LogP contribution in [0.15, 0.2) is 22.9 Å². The first-order valence-electron chi connectivity index (χ1n) is 3.87. The first-order chi connectivity index (χ1) is 6.68. The summed E-state index contributed by atoms with van der Waals surface area (Å²) in [5.41, 5.74) is 1.53. The standard InChI is InChI=1S/C8H6BrFN4/c1-5-2-6(9)7(10)3-8(5)14-4-11-12-13-14/h2-4H,1H3. The Morgan fingerprint density at radius 1 is 1.43 bits per heavy atom. The Morgan fingerprint density at radius 2 is 2.21 bits per heavy atom. The largest absolute Gasteiger partial charge is 0.206 e. The van der Waals surface area contributed by atoms with E-state index in [0.29, 0.717) is 10.2 Å². The lowest BCUT2D eigenvalue weighted by molar-refractivity contribution is 0.617. The average molecular weight is 257 g/mol. The Bertz CT molecular complexity index is 455. The van der Waals surface area contributed by atoms with E-state index in [4.69, 9.17) is 0 Å². The molecule has 0 aliphatic heterocycles. The smallest absolute Gasteiger partial charge is 0.143 e. The Kier molecular flexibility index (Phi) is 2.28. The van der Waals surface area contributed by atoms with Crippen LogP contribution in [0.25, 0.3) is 5.69 Å². The Hall–Kier alpha value is -1.30. The Morgan fingerprint density at radius 3 is 2.86 bits per heavy atom. The predicted octanol–water partition coefficient (Wildman–Crippen LogP) is 1.87. The zero-order chi connectivity index (χ0) is 10.1. The zero-order valence-electron chi connectivity index (χ0n) is 7.28. The minimum Gasteiger partial charge on any atom is -0.206 e. The second-order valence-corrected chi connectivity index (χ2v) is 3.66. The number of hydrogen-bond donors (Lipinski definition) is 0. The van der Waals surface area contributed by atoms with Crippen molar-refractivity contribution in [2.75, 3.05) is 0 Å². The summed E-state index contributed by atoms with van der Waals surface area (Å²) in [6.07, 6.45) is 1.43. The number of rotatable bonds is 1. The third-order valence-electron chi connectivity index (χ3n) is 1.83. The summed E-state index contributed by atoms with van der Waals surface area (Å²) in [5, 5.41) is 10.7. The van der Waals surface area contributed by atoms with Crippen LogP contribution in [0.1, 0.15) is 5.56 Å². The molecule has 1 heterocycles. The molecule has 0 unspecified atom stereocenters. The van der Waals surface area contributed by atoms with Crippen molar-refractivity contribution in [3.8, 4) is 5.69 Å². The van der Waals surface area contributed by atoms with Crippen molar-refractivity contribution in [2.45, 2.75) is 6.92 Å². The molecule has 0 N–H and O–H groups in total. The molecule has 6 heteroatoms. The van der Waals surface area contributed by atoms with Crippen molar-refractivity contribution in [3.63, 3.8) is 0 Å². The summed E-state index contributed by atoms with van der Waals surface area (Å²) in [7, 11) is 0. The van der Waals surface area contributed by atoms with E-state index in [2.05, 4.69) is 31.5 Å². The maximum absolute atomic E-state index is 13.2. The molecular weight excluding hydrogens is 251 g/mol. The van der Waals surface area contributed by atoms with Crippen LogP contribution in [0.5, 0.6) is 0 Å². The average Bonchev–Trinajstić information content (AvgIpc) is 2.64. The van der Waals surface area contributed by atoms with Gasteiger partial charge >= 0.3 is 0 Å². The number of benzene rings is 1. The lowest BCUT2D eigenvalue weighted by Gasteiger charge is -2.05. The van der Waals surface area contributed by atoms with Gasteiger partial charge in [0, 0.05) is 6.07 Å². The molecule has 0 amide bonds. The molecule has 0 bridgehead atoms. The molecule has 1 aromatic heterocycles. The van der Waals surface area contributed by atoms with Crippen LogP contribution in [0.4, 0.5) is 4.39 Å². The third-order valence-corrected chi connectivity index (χ3v) is 2.44. The molecule has 0 aliphatic carbocycles. The van der Waals surface area contributed by atoms with Gasteiger partial charge in [0.1, 0.15) is 12.1 Å². The predicted molar refractivity (Wildman–Crippen MR) is 51.5 cm³/mol. The summed E-state index contributed by atoms with van der Waals surface area (Å²) in [4.78, 5) is 0. The summed E-state index contributed by atoms with van der Waals surface area (Å²) in [5.74, 6) is -0.332. The van der Waals surface area contributed by atoms with E-state index in [1.165, 1.54) is 17.1 Å². The molecule has 1 aromatic carbocycles. The van der Waals surface area contributed by atoms with Crippen molar-refractivity contribution in [1.82, 2.24) is 20.2 Å². The van der Waals surface area contributed by atoms with E-state index in [9.17, 15) is 4.39 Å². The molecule has 0 radical (unpaired) electrons. The number of halogens is 2. The van der Waals surface area contributed by atoms with Gasteiger partial charge in [-0.1, -0.05) is 0 Å². The highest BCUT2D eigenvalue weighted by Crippen LogP contribution is 2.22. The zero-order valence-corrected chi connectivity index (χ0v) is 8.86. The van der Waals surface area contributed by atoms with Gasteiger partial charge in [0.15, 0.2) is 0 Å². The molecule has 0 saturated heterocycles. The summed E-state index contributed by atoms with van der Waals surface area (Å²) in [6.45, 7) is 1.86. The minimum atomic E-state index is -0.332. The number of tetrazole rings is 1. The quantitative estimate of drug-likeness (QED) is 0.783. The second kappa shape index (κ2) is 3.45. The number of aromatic nitrogens is 4. The normalized spacial score (nSPS) is 10.5. The van der Waals surface area contributed by atoms with Crippen LogP contribution in [-0.2, 0) is 0 Å². The van der Waals surface area contributed by atoms with Crippen molar-refractivity contribution in [1.29, 1.82) is 0 Å². The topological polar surface area (TPSA) is 43.6 Å². The molecule has 0 aliphatic rings. The van der Waals surface area contributed by atoms with E-state index in [1.807, 2.05) is 6.92 Å². The van der Waals surface area contributed by atoms with Gasteiger partial charge in [-0.15, -0.1) is 5.10 Å². The maximum Gasteiger partial charge on any atom is 0.143 e. The number of hydrogen-bond acceptors (Lipinski definition) is 3. The van der Waals surface area contributed by atoms with Crippen molar-refractivity contribution >= 4 is 15.9 Å².